The zero-order valence-electron chi connectivity index (χ0n) is 8.94. The van der Waals surface area contributed by atoms with Gasteiger partial charge in [-0.05, 0) is 49.4 Å². The third kappa shape index (κ3) is 3.60. The Morgan fingerprint density at radius 2 is 1.80 bits per heavy atom. The molecule has 2 fully saturated rings. The third-order valence-electron chi connectivity index (χ3n) is 3.92. The second-order valence-electron chi connectivity index (χ2n) is 4.30. The summed E-state index contributed by atoms with van der Waals surface area (Å²) in [6, 6.07) is 0. The Morgan fingerprint density at radius 1 is 1.20 bits per heavy atom. The van der Waals surface area contributed by atoms with Crippen molar-refractivity contribution in [1.82, 2.24) is 0 Å². The number of fused-ring (bicyclic) bond motifs is 5. The van der Waals surface area contributed by atoms with Crippen LogP contribution in [0.5, 0.6) is 0 Å². The summed E-state index contributed by atoms with van der Waals surface area (Å²) in [5, 5.41) is 7.00. The molecule has 1 N–H and O–H groups in total. The van der Waals surface area contributed by atoms with E-state index in [4.69, 9.17) is 5.11 Å². The molecule has 0 aromatic heterocycles. The molecule has 87 valence electrons. The first-order chi connectivity index (χ1) is 7.36. The average Bonchev–Trinajstić information content (AvgIpc) is 2.96. The molecule has 0 aromatic rings. The molecule has 2 bridgehead atoms. The molecule has 0 aromatic carbocycles. The van der Waals surface area contributed by atoms with E-state index in [9.17, 15) is 0 Å². The number of halogens is 2. The van der Waals surface area contributed by atoms with E-state index in [1.54, 1.807) is 12.8 Å². The van der Waals surface area contributed by atoms with Gasteiger partial charge >= 0.3 is 49.4 Å². The van der Waals surface area contributed by atoms with E-state index in [1.807, 2.05) is 0 Å². The summed E-state index contributed by atoms with van der Waals surface area (Å²) in [5.41, 5.74) is 0. The Labute approximate surface area is 122 Å². The second-order valence-corrected chi connectivity index (χ2v) is 16.1. The van der Waals surface area contributed by atoms with E-state index in [-0.39, 0.29) is 0 Å². The number of hydrogen-bond donors (Lipinski definition) is 1. The number of aliphatic hydroxyl groups excluding tert-OH is 1. The molecule has 0 aliphatic heterocycles. The molecule has 15 heavy (non-hydrogen) atoms. The van der Waals surface area contributed by atoms with E-state index >= 15 is 0 Å². The van der Waals surface area contributed by atoms with E-state index < -0.39 is 0 Å². The maximum absolute atomic E-state index is 7.00. The van der Waals surface area contributed by atoms with Crippen LogP contribution in [-0.2, 0) is 9.47 Å². The van der Waals surface area contributed by atoms with Gasteiger partial charge in [-0.2, -0.15) is 0 Å². The third-order valence-corrected chi connectivity index (χ3v) is 3.92. The average molecular weight is 471 g/mol. The van der Waals surface area contributed by atoms with Crippen LogP contribution in [0.3, 0.4) is 0 Å². The fourth-order valence-corrected chi connectivity index (χ4v) is 3.50. The van der Waals surface area contributed by atoms with Crippen LogP contribution in [0.1, 0.15) is 25.7 Å². The number of aliphatic hydroxyl groups is 1. The predicted octanol–water partition coefficient (Wildman–Crippen LogP) is 3.99. The van der Waals surface area contributed by atoms with Gasteiger partial charge in [-0.3, -0.25) is 0 Å². The van der Waals surface area contributed by atoms with Gasteiger partial charge in [-0.15, -0.1) is 0 Å². The van der Waals surface area contributed by atoms with Crippen molar-refractivity contribution in [3.05, 3.63) is 12.2 Å². The summed E-state index contributed by atoms with van der Waals surface area (Å²) in [4.78, 5) is 0. The van der Waals surface area contributed by atoms with Gasteiger partial charge in [0.15, 0.2) is 0 Å². The molecule has 4 atom stereocenters. The topological polar surface area (TPSA) is 20.2 Å². The molecule has 1 nitrogen and oxygen atoms in total. The van der Waals surface area contributed by atoms with Gasteiger partial charge in [0.25, 0.3) is 0 Å². The zero-order valence-corrected chi connectivity index (χ0v) is 14.7. The minimum absolute atomic E-state index is 0.628. The Balaban J connectivity index is 0.000000198. The van der Waals surface area contributed by atoms with Gasteiger partial charge < -0.3 is 5.11 Å². The number of rotatable bonds is 0. The number of hydrogen-bond acceptors (Lipinski definition) is 1. The maximum atomic E-state index is 7.00. The van der Waals surface area contributed by atoms with Crippen molar-refractivity contribution in [2.24, 2.45) is 23.7 Å². The summed E-state index contributed by atoms with van der Waals surface area (Å²) >= 11 is 4.74. The van der Waals surface area contributed by atoms with Crippen LogP contribution in [0.15, 0.2) is 12.2 Å². The summed E-state index contributed by atoms with van der Waals surface area (Å²) in [6.45, 7) is 0. The second kappa shape index (κ2) is 7.95. The van der Waals surface area contributed by atoms with Gasteiger partial charge in [0, 0.05) is 7.11 Å². The standard InChI is InChI=1S/C10H14.CH4O.2HI.V/c1-2-9-7-4-5-8(6-7)10(9)3-1;1-2;;;/h1-2,7-10H,3-6H2;2H,1H3;2*1H;/q;;;;+2/p-2. The van der Waals surface area contributed by atoms with E-state index in [0.29, 0.717) is 9.47 Å². The van der Waals surface area contributed by atoms with Gasteiger partial charge in [0.2, 0.25) is 0 Å². The molecular formula is C11H18I2OV. The normalized spacial score (nSPS) is 38.7. The molecule has 0 heterocycles. The van der Waals surface area contributed by atoms with Crippen molar-refractivity contribution >= 4 is 40.0 Å². The van der Waals surface area contributed by atoms with Gasteiger partial charge in [-0.1, -0.05) is 12.2 Å². The Kier molecular flexibility index (Phi) is 7.85. The quantitative estimate of drug-likeness (QED) is 0.419. The van der Waals surface area contributed by atoms with Crippen molar-refractivity contribution in [2.45, 2.75) is 25.7 Å². The molecule has 0 spiro atoms. The Morgan fingerprint density at radius 3 is 2.40 bits per heavy atom. The Bertz CT molecular complexity index is 211. The number of allylic oxidation sites excluding steroid dienone is 2. The van der Waals surface area contributed by atoms with Crippen molar-refractivity contribution in [3.63, 3.8) is 0 Å². The molecule has 3 rings (SSSR count). The molecule has 4 unspecified atom stereocenters. The summed E-state index contributed by atoms with van der Waals surface area (Å²) in [5.74, 6) is 4.36. The van der Waals surface area contributed by atoms with Crippen molar-refractivity contribution < 1.29 is 14.6 Å². The summed E-state index contributed by atoms with van der Waals surface area (Å²) in [6.07, 6.45) is 11.0. The van der Waals surface area contributed by atoms with Crippen LogP contribution in [0, 0.1) is 23.7 Å². The van der Waals surface area contributed by atoms with Crippen molar-refractivity contribution in [3.8, 4) is 0 Å². The van der Waals surface area contributed by atoms with Crippen LogP contribution in [0.2, 0.25) is 0 Å². The van der Waals surface area contributed by atoms with Crippen LogP contribution in [0.4, 0.5) is 0 Å². The minimum atomic E-state index is 0.628. The first kappa shape index (κ1) is 14.8. The van der Waals surface area contributed by atoms with Crippen molar-refractivity contribution in [2.75, 3.05) is 7.11 Å². The molecule has 3 aliphatic rings. The molecule has 4 heteroatoms. The fourth-order valence-electron chi connectivity index (χ4n) is 3.50. The fraction of sp³-hybridized carbons (Fsp3) is 0.818. The Hall–Kier alpha value is 1.74. The van der Waals surface area contributed by atoms with Gasteiger partial charge in [-0.25, -0.2) is 0 Å². The molecule has 0 amide bonds. The zero-order chi connectivity index (χ0) is 11.3. The summed E-state index contributed by atoms with van der Waals surface area (Å²) in [7, 11) is 1.63. The van der Waals surface area contributed by atoms with Crippen LogP contribution >= 0.6 is 40.0 Å². The van der Waals surface area contributed by atoms with E-state index in [2.05, 4.69) is 52.1 Å². The van der Waals surface area contributed by atoms with E-state index in [1.165, 1.54) is 12.8 Å². The van der Waals surface area contributed by atoms with Crippen LogP contribution in [-0.4, -0.2) is 12.2 Å². The van der Waals surface area contributed by atoms with Gasteiger partial charge in [0.1, 0.15) is 0 Å². The predicted molar refractivity (Wildman–Crippen MR) is 77.8 cm³/mol. The summed E-state index contributed by atoms with van der Waals surface area (Å²) < 4.78 is 0. The van der Waals surface area contributed by atoms with Crippen LogP contribution < -0.4 is 0 Å². The first-order valence-corrected chi connectivity index (χ1v) is 14.4. The SMILES string of the molecule is C1=CC2C3CCC(C3)C2C1.CO.[I][V][I]. The van der Waals surface area contributed by atoms with Crippen molar-refractivity contribution in [1.29, 1.82) is 0 Å². The molecular weight excluding hydrogens is 453 g/mol. The molecule has 0 saturated heterocycles. The monoisotopic (exact) mass is 471 g/mol. The van der Waals surface area contributed by atoms with Gasteiger partial charge in [0.05, 0.1) is 0 Å². The molecule has 3 aliphatic carbocycles. The molecule has 2 saturated carbocycles. The first-order valence-electron chi connectivity index (χ1n) is 5.40. The van der Waals surface area contributed by atoms with E-state index in [0.717, 1.165) is 30.8 Å². The van der Waals surface area contributed by atoms with Crippen LogP contribution in [0.25, 0.3) is 0 Å². The molecule has 0 radical (unpaired) electrons.